The molecule has 0 saturated carbocycles. The second-order valence-corrected chi connectivity index (χ2v) is 7.17. The molecule has 0 heterocycles. The monoisotopic (exact) mass is 371 g/mol. The summed E-state index contributed by atoms with van der Waals surface area (Å²) in [5, 5.41) is 11.9. The van der Waals surface area contributed by atoms with Gasteiger partial charge in [-0.1, -0.05) is 36.4 Å². The normalized spacial score (nSPS) is 12.1. The molecule has 0 saturated heterocycles. The maximum Gasteiger partial charge on any atom is 0.408 e. The molecule has 0 aliphatic heterocycles. The number of hydrogen-bond acceptors (Lipinski definition) is 4. The second-order valence-electron chi connectivity index (χ2n) is 7.17. The van der Waals surface area contributed by atoms with Crippen LogP contribution in [-0.2, 0) is 16.0 Å². The third-order valence-electron chi connectivity index (χ3n) is 3.76. The number of ether oxygens (including phenoxy) is 2. The van der Waals surface area contributed by atoms with Crippen LogP contribution in [0.1, 0.15) is 26.3 Å². The van der Waals surface area contributed by atoms with Crippen molar-refractivity contribution in [1.82, 2.24) is 5.32 Å². The zero-order chi connectivity index (χ0) is 20.0. The summed E-state index contributed by atoms with van der Waals surface area (Å²) in [5.41, 5.74) is 1.99. The summed E-state index contributed by atoms with van der Waals surface area (Å²) in [6.45, 7) is 5.17. The van der Waals surface area contributed by atoms with Crippen molar-refractivity contribution in [1.29, 1.82) is 0 Å². The van der Waals surface area contributed by atoms with Crippen LogP contribution in [0, 0.1) is 0 Å². The molecule has 1 unspecified atom stereocenters. The van der Waals surface area contributed by atoms with Gasteiger partial charge in [-0.05, 0) is 49.6 Å². The quantitative estimate of drug-likeness (QED) is 0.805. The number of hydrogen-bond donors (Lipinski definition) is 2. The van der Waals surface area contributed by atoms with Crippen molar-refractivity contribution in [2.24, 2.45) is 0 Å². The highest BCUT2D eigenvalue weighted by molar-refractivity contribution is 5.80. The highest BCUT2D eigenvalue weighted by atomic mass is 16.6. The van der Waals surface area contributed by atoms with Gasteiger partial charge in [-0.2, -0.15) is 0 Å². The van der Waals surface area contributed by atoms with E-state index in [0.717, 1.165) is 22.4 Å². The predicted molar refractivity (Wildman–Crippen MR) is 103 cm³/mol. The van der Waals surface area contributed by atoms with Gasteiger partial charge in [0.25, 0.3) is 0 Å². The molecule has 0 radical (unpaired) electrons. The van der Waals surface area contributed by atoms with Crippen LogP contribution in [0.25, 0.3) is 11.1 Å². The molecule has 2 N–H and O–H groups in total. The molecule has 2 rings (SSSR count). The molecule has 2 aromatic rings. The Labute approximate surface area is 159 Å². The van der Waals surface area contributed by atoms with Crippen LogP contribution in [0.3, 0.4) is 0 Å². The fraction of sp³-hybridized carbons (Fsp3) is 0.333. The minimum atomic E-state index is -1.12. The molecular formula is C21H25NO5. The standard InChI is InChI=1S/C21H25NO5/c1-21(2,3)27-20(25)22-18(19(23)24)12-14-7-5-8-15(11-14)16-9-6-10-17(13-16)26-4/h5-11,13,18H,12H2,1-4H3,(H,22,25)(H,23,24). The Morgan fingerprint density at radius 2 is 1.70 bits per heavy atom. The molecule has 144 valence electrons. The number of carboxylic acids is 1. The van der Waals surface area contributed by atoms with Crippen molar-refractivity contribution in [3.63, 3.8) is 0 Å². The van der Waals surface area contributed by atoms with Crippen molar-refractivity contribution in [2.45, 2.75) is 38.8 Å². The smallest absolute Gasteiger partial charge is 0.408 e. The van der Waals surface area contributed by atoms with Gasteiger partial charge in [-0.15, -0.1) is 0 Å². The lowest BCUT2D eigenvalue weighted by Crippen LogP contribution is -2.44. The summed E-state index contributed by atoms with van der Waals surface area (Å²) in [4.78, 5) is 23.5. The van der Waals surface area contributed by atoms with Gasteiger partial charge >= 0.3 is 12.1 Å². The van der Waals surface area contributed by atoms with Gasteiger partial charge in [0.05, 0.1) is 7.11 Å². The van der Waals surface area contributed by atoms with E-state index in [2.05, 4.69) is 5.32 Å². The number of nitrogens with one attached hydrogen (secondary N) is 1. The summed E-state index contributed by atoms with van der Waals surface area (Å²) in [6.07, 6.45) is -0.606. The van der Waals surface area contributed by atoms with Crippen molar-refractivity contribution >= 4 is 12.1 Å². The van der Waals surface area contributed by atoms with E-state index in [4.69, 9.17) is 9.47 Å². The average Bonchev–Trinajstić information content (AvgIpc) is 2.60. The first kappa shape index (κ1) is 20.3. The predicted octanol–water partition coefficient (Wildman–Crippen LogP) is 3.88. The zero-order valence-corrected chi connectivity index (χ0v) is 16.0. The van der Waals surface area contributed by atoms with Crippen molar-refractivity contribution in [3.8, 4) is 16.9 Å². The molecule has 0 aliphatic carbocycles. The third-order valence-corrected chi connectivity index (χ3v) is 3.76. The molecule has 0 fully saturated rings. The molecule has 1 atom stereocenters. The Morgan fingerprint density at radius 3 is 2.30 bits per heavy atom. The molecule has 0 aromatic heterocycles. The summed E-state index contributed by atoms with van der Waals surface area (Å²) in [6, 6.07) is 14.1. The second kappa shape index (κ2) is 8.58. The fourth-order valence-electron chi connectivity index (χ4n) is 2.57. The van der Waals surface area contributed by atoms with Crippen LogP contribution in [0.4, 0.5) is 4.79 Å². The number of benzene rings is 2. The summed E-state index contributed by atoms with van der Waals surface area (Å²) < 4.78 is 10.4. The van der Waals surface area contributed by atoms with Crippen LogP contribution in [0.15, 0.2) is 48.5 Å². The maximum atomic E-state index is 11.9. The molecular weight excluding hydrogens is 346 g/mol. The summed E-state index contributed by atoms with van der Waals surface area (Å²) >= 11 is 0. The Bertz CT molecular complexity index is 810. The number of amides is 1. The topological polar surface area (TPSA) is 84.9 Å². The fourth-order valence-corrected chi connectivity index (χ4v) is 2.57. The number of carbonyl (C=O) groups excluding carboxylic acids is 1. The highest BCUT2D eigenvalue weighted by Crippen LogP contribution is 2.25. The maximum absolute atomic E-state index is 11.9. The van der Waals surface area contributed by atoms with E-state index in [1.807, 2.05) is 48.5 Å². The van der Waals surface area contributed by atoms with E-state index >= 15 is 0 Å². The SMILES string of the molecule is COc1cccc(-c2cccc(CC(NC(=O)OC(C)(C)C)C(=O)O)c2)c1. The van der Waals surface area contributed by atoms with E-state index in [1.54, 1.807) is 27.9 Å². The number of carboxylic acid groups (broad SMARTS) is 1. The van der Waals surface area contributed by atoms with E-state index < -0.39 is 23.7 Å². The molecule has 27 heavy (non-hydrogen) atoms. The lowest BCUT2D eigenvalue weighted by Gasteiger charge is -2.22. The van der Waals surface area contributed by atoms with Gasteiger partial charge in [-0.25, -0.2) is 9.59 Å². The first-order valence-electron chi connectivity index (χ1n) is 8.63. The Morgan fingerprint density at radius 1 is 1.07 bits per heavy atom. The lowest BCUT2D eigenvalue weighted by molar-refractivity contribution is -0.139. The Balaban J connectivity index is 2.16. The number of methoxy groups -OCH3 is 1. The molecule has 2 aromatic carbocycles. The molecule has 1 amide bonds. The first-order valence-corrected chi connectivity index (χ1v) is 8.63. The van der Waals surface area contributed by atoms with E-state index in [9.17, 15) is 14.7 Å². The third kappa shape index (κ3) is 6.33. The number of aliphatic carboxylic acids is 1. The number of rotatable bonds is 6. The summed E-state index contributed by atoms with van der Waals surface area (Å²) in [7, 11) is 1.61. The minimum Gasteiger partial charge on any atom is -0.497 e. The summed E-state index contributed by atoms with van der Waals surface area (Å²) in [5.74, 6) is -0.374. The van der Waals surface area contributed by atoms with Gasteiger partial charge < -0.3 is 19.9 Å². The molecule has 6 nitrogen and oxygen atoms in total. The van der Waals surface area contributed by atoms with Crippen LogP contribution < -0.4 is 10.1 Å². The van der Waals surface area contributed by atoms with Crippen LogP contribution in [0.5, 0.6) is 5.75 Å². The van der Waals surface area contributed by atoms with E-state index in [-0.39, 0.29) is 6.42 Å². The van der Waals surface area contributed by atoms with Crippen LogP contribution in [0.2, 0.25) is 0 Å². The molecule has 0 spiro atoms. The van der Waals surface area contributed by atoms with Gasteiger partial charge in [0.1, 0.15) is 17.4 Å². The van der Waals surface area contributed by atoms with Crippen LogP contribution in [-0.4, -0.2) is 35.9 Å². The largest absolute Gasteiger partial charge is 0.497 e. The number of alkyl carbamates (subject to hydrolysis) is 1. The average molecular weight is 371 g/mol. The Hall–Kier alpha value is -3.02. The molecule has 0 bridgehead atoms. The van der Waals surface area contributed by atoms with Gasteiger partial charge in [-0.3, -0.25) is 0 Å². The molecule has 0 aliphatic rings. The van der Waals surface area contributed by atoms with Gasteiger partial charge in [0, 0.05) is 6.42 Å². The lowest BCUT2D eigenvalue weighted by atomic mass is 9.99. The van der Waals surface area contributed by atoms with Crippen molar-refractivity contribution in [3.05, 3.63) is 54.1 Å². The van der Waals surface area contributed by atoms with Crippen molar-refractivity contribution < 1.29 is 24.2 Å². The first-order chi connectivity index (χ1) is 12.7. The zero-order valence-electron chi connectivity index (χ0n) is 16.0. The number of carbonyl (C=O) groups is 2. The highest BCUT2D eigenvalue weighted by Gasteiger charge is 2.24. The van der Waals surface area contributed by atoms with Crippen LogP contribution >= 0.6 is 0 Å². The van der Waals surface area contributed by atoms with E-state index in [1.165, 1.54) is 0 Å². The van der Waals surface area contributed by atoms with Crippen molar-refractivity contribution in [2.75, 3.05) is 7.11 Å². The minimum absolute atomic E-state index is 0.145. The van der Waals surface area contributed by atoms with Gasteiger partial charge in [0.2, 0.25) is 0 Å². The van der Waals surface area contributed by atoms with E-state index in [0.29, 0.717) is 0 Å². The van der Waals surface area contributed by atoms with Gasteiger partial charge in [0.15, 0.2) is 0 Å². The Kier molecular flexibility index (Phi) is 6.45. The molecule has 6 heteroatoms.